The maximum Gasteiger partial charge on any atom is 0.262 e. The molecule has 2 heterocycles. The number of hydrogen-bond acceptors (Lipinski definition) is 4. The van der Waals surface area contributed by atoms with Crippen LogP contribution in [0, 0.1) is 5.92 Å². The number of nitrogens with one attached hydrogen (secondary N) is 1. The number of benzene rings is 1. The number of β-lactam (4-membered cyclic amide) rings is 1. The van der Waals surface area contributed by atoms with Crippen LogP contribution in [0.25, 0.3) is 0 Å². The van der Waals surface area contributed by atoms with Crippen molar-refractivity contribution in [2.24, 2.45) is 5.92 Å². The quantitative estimate of drug-likeness (QED) is 0.367. The van der Waals surface area contributed by atoms with Gasteiger partial charge in [0.1, 0.15) is 6.04 Å². The summed E-state index contributed by atoms with van der Waals surface area (Å²) < 4.78 is 7.05. The Balaban J connectivity index is 1.95. The number of imide groups is 1. The molecule has 7 heteroatoms. The molecule has 0 radical (unpaired) electrons. The van der Waals surface area contributed by atoms with Crippen LogP contribution in [0.3, 0.4) is 0 Å². The molecule has 1 fully saturated rings. The van der Waals surface area contributed by atoms with Gasteiger partial charge in [0.15, 0.2) is 0 Å². The SMILES string of the molecule is CC(C)[C@@H](O[Si](C(C)C)(C(C)C)C(C)C)[C@@H]1NC(=O)[C@H]1N1C(=O)c2ccccc2C1=O. The molecule has 0 aromatic heterocycles. The average Bonchev–Trinajstić information content (AvgIpc) is 2.92. The van der Waals surface area contributed by atoms with Crippen molar-refractivity contribution < 1.29 is 18.8 Å². The van der Waals surface area contributed by atoms with Gasteiger partial charge in [-0.15, -0.1) is 0 Å². The van der Waals surface area contributed by atoms with Crippen LogP contribution in [-0.2, 0) is 9.22 Å². The molecule has 0 unspecified atom stereocenters. The molecular weight excluding hydrogens is 408 g/mol. The van der Waals surface area contributed by atoms with Crippen molar-refractivity contribution in [3.63, 3.8) is 0 Å². The lowest BCUT2D eigenvalue weighted by Crippen LogP contribution is -2.75. The van der Waals surface area contributed by atoms with E-state index in [1.807, 2.05) is 0 Å². The molecule has 0 spiro atoms. The maximum atomic E-state index is 13.0. The van der Waals surface area contributed by atoms with E-state index < -0.39 is 32.2 Å². The zero-order valence-electron chi connectivity index (χ0n) is 19.9. The summed E-state index contributed by atoms with van der Waals surface area (Å²) in [6.45, 7) is 17.5. The summed E-state index contributed by atoms with van der Waals surface area (Å²) in [4.78, 5) is 39.9. The van der Waals surface area contributed by atoms with Crippen molar-refractivity contribution in [1.29, 1.82) is 0 Å². The fourth-order valence-electron chi connectivity index (χ4n) is 5.66. The second-order valence-electron chi connectivity index (χ2n) is 10.1. The van der Waals surface area contributed by atoms with Crippen LogP contribution in [0.1, 0.15) is 76.1 Å². The fraction of sp³-hybridized carbons (Fsp3) is 0.625. The van der Waals surface area contributed by atoms with Crippen molar-refractivity contribution in [3.05, 3.63) is 35.4 Å². The number of amides is 3. The first kappa shape index (κ1) is 23.7. The predicted octanol–water partition coefficient (Wildman–Crippen LogP) is 4.37. The third-order valence-electron chi connectivity index (χ3n) is 7.08. The minimum absolute atomic E-state index is 0.117. The van der Waals surface area contributed by atoms with Crippen LogP contribution >= 0.6 is 0 Å². The molecule has 3 atom stereocenters. The van der Waals surface area contributed by atoms with Gasteiger partial charge in [0.05, 0.1) is 23.3 Å². The number of carbonyl (C=O) groups excluding carboxylic acids is 3. The summed E-state index contributed by atoms with van der Waals surface area (Å²) in [7, 11) is -2.23. The summed E-state index contributed by atoms with van der Waals surface area (Å²) in [5, 5.41) is 2.97. The number of nitrogens with zero attached hydrogens (tertiary/aromatic N) is 1. The van der Waals surface area contributed by atoms with Gasteiger partial charge in [-0.05, 0) is 34.7 Å². The van der Waals surface area contributed by atoms with Gasteiger partial charge in [0.2, 0.25) is 14.2 Å². The third-order valence-corrected chi connectivity index (χ3v) is 13.2. The largest absolute Gasteiger partial charge is 0.411 e. The Morgan fingerprint density at radius 3 is 1.65 bits per heavy atom. The van der Waals surface area contributed by atoms with Crippen molar-refractivity contribution in [3.8, 4) is 0 Å². The van der Waals surface area contributed by atoms with Crippen molar-refractivity contribution >= 4 is 26.0 Å². The topological polar surface area (TPSA) is 75.7 Å². The van der Waals surface area contributed by atoms with Gasteiger partial charge < -0.3 is 9.74 Å². The van der Waals surface area contributed by atoms with Crippen LogP contribution in [0.4, 0.5) is 0 Å². The molecule has 3 rings (SSSR count). The highest BCUT2D eigenvalue weighted by Gasteiger charge is 2.57. The number of hydrogen-bond donors (Lipinski definition) is 1. The Hall–Kier alpha value is -1.99. The smallest absolute Gasteiger partial charge is 0.262 e. The summed E-state index contributed by atoms with van der Waals surface area (Å²) in [5.74, 6) is -0.966. The molecule has 6 nitrogen and oxygen atoms in total. The summed E-state index contributed by atoms with van der Waals surface area (Å²) in [5.41, 5.74) is 1.90. The lowest BCUT2D eigenvalue weighted by atomic mass is 9.86. The Bertz CT molecular complexity index is 823. The third kappa shape index (κ3) is 3.65. The van der Waals surface area contributed by atoms with Gasteiger partial charge in [-0.25, -0.2) is 0 Å². The van der Waals surface area contributed by atoms with Gasteiger partial charge in [0, 0.05) is 0 Å². The maximum absolute atomic E-state index is 13.0. The van der Waals surface area contributed by atoms with E-state index in [-0.39, 0.29) is 17.9 Å². The zero-order valence-corrected chi connectivity index (χ0v) is 20.9. The van der Waals surface area contributed by atoms with Crippen LogP contribution in [-0.4, -0.2) is 49.1 Å². The minimum atomic E-state index is -2.23. The van der Waals surface area contributed by atoms with Gasteiger partial charge in [-0.1, -0.05) is 67.5 Å². The molecule has 2 aliphatic heterocycles. The van der Waals surface area contributed by atoms with Crippen molar-refractivity contribution in [1.82, 2.24) is 10.2 Å². The molecule has 0 bridgehead atoms. The van der Waals surface area contributed by atoms with E-state index in [1.54, 1.807) is 24.3 Å². The monoisotopic (exact) mass is 444 g/mol. The molecule has 1 aromatic rings. The van der Waals surface area contributed by atoms with E-state index in [4.69, 9.17) is 4.43 Å². The molecular formula is C24H36N2O4Si. The highest BCUT2D eigenvalue weighted by atomic mass is 28.4. The zero-order chi connectivity index (χ0) is 23.2. The number of fused-ring (bicyclic) bond motifs is 1. The first-order valence-electron chi connectivity index (χ1n) is 11.4. The Labute approximate surface area is 186 Å². The molecule has 31 heavy (non-hydrogen) atoms. The van der Waals surface area contributed by atoms with Gasteiger partial charge in [-0.2, -0.15) is 0 Å². The van der Waals surface area contributed by atoms with Crippen LogP contribution in [0.15, 0.2) is 24.3 Å². The van der Waals surface area contributed by atoms with Gasteiger partial charge in [0.25, 0.3) is 11.8 Å². The molecule has 3 amide bonds. The standard InChI is InChI=1S/C24H36N2O4Si/c1-13(2)21(30-31(14(3)4,15(5)6)16(7)8)19-20(22(27)25-19)26-23(28)17-11-9-10-12-18(17)24(26)29/h9-16,19-21H,1-8H3,(H,25,27)/t19-,20+,21-/m1/s1. The molecule has 1 saturated heterocycles. The minimum Gasteiger partial charge on any atom is -0.411 e. The molecule has 0 saturated carbocycles. The summed E-state index contributed by atoms with van der Waals surface area (Å²) in [6, 6.07) is 5.52. The van der Waals surface area contributed by atoms with Crippen molar-refractivity contribution in [2.45, 2.75) is 90.2 Å². The molecule has 170 valence electrons. The Morgan fingerprint density at radius 1 is 0.839 bits per heavy atom. The van der Waals surface area contributed by atoms with Crippen LogP contribution in [0.2, 0.25) is 16.6 Å². The van der Waals surface area contributed by atoms with E-state index in [1.165, 1.54) is 0 Å². The molecule has 0 aliphatic carbocycles. The lowest BCUT2D eigenvalue weighted by molar-refractivity contribution is -0.139. The molecule has 1 aromatic carbocycles. The lowest BCUT2D eigenvalue weighted by Gasteiger charge is -2.51. The van der Waals surface area contributed by atoms with Gasteiger partial charge in [-0.3, -0.25) is 19.3 Å². The van der Waals surface area contributed by atoms with Crippen molar-refractivity contribution in [2.75, 3.05) is 0 Å². The number of rotatable bonds is 8. The predicted molar refractivity (Wildman–Crippen MR) is 123 cm³/mol. The van der Waals surface area contributed by atoms with Crippen LogP contribution in [0.5, 0.6) is 0 Å². The van der Waals surface area contributed by atoms with E-state index in [2.05, 4.69) is 60.7 Å². The highest BCUT2D eigenvalue weighted by Crippen LogP contribution is 2.45. The van der Waals surface area contributed by atoms with Gasteiger partial charge >= 0.3 is 0 Å². The highest BCUT2D eigenvalue weighted by molar-refractivity contribution is 6.77. The second-order valence-corrected chi connectivity index (χ2v) is 15.6. The van der Waals surface area contributed by atoms with E-state index in [0.29, 0.717) is 27.8 Å². The molecule has 1 N–H and O–H groups in total. The Kier molecular flexibility index (Phi) is 6.49. The fourth-order valence-corrected chi connectivity index (χ4v) is 11.4. The van der Waals surface area contributed by atoms with E-state index in [0.717, 1.165) is 4.90 Å². The first-order valence-corrected chi connectivity index (χ1v) is 13.5. The number of carbonyl (C=O) groups is 3. The second kappa shape index (κ2) is 8.51. The van der Waals surface area contributed by atoms with Crippen LogP contribution < -0.4 is 5.32 Å². The normalized spacial score (nSPS) is 22.5. The van der Waals surface area contributed by atoms with E-state index >= 15 is 0 Å². The first-order chi connectivity index (χ1) is 14.4. The summed E-state index contributed by atoms with van der Waals surface area (Å²) >= 11 is 0. The Morgan fingerprint density at radius 2 is 1.29 bits per heavy atom. The average molecular weight is 445 g/mol. The van der Waals surface area contributed by atoms with E-state index in [9.17, 15) is 14.4 Å². The summed E-state index contributed by atoms with van der Waals surface area (Å²) in [6.07, 6.45) is -0.272. The molecule has 2 aliphatic rings.